The highest BCUT2D eigenvalue weighted by molar-refractivity contribution is 6.37. The minimum Gasteiger partial charge on any atom is -0.382 e. The largest absolute Gasteiger partial charge is 0.382 e. The van der Waals surface area contributed by atoms with Crippen molar-refractivity contribution in [1.82, 2.24) is 9.88 Å². The van der Waals surface area contributed by atoms with Gasteiger partial charge in [-0.1, -0.05) is 30.1 Å². The van der Waals surface area contributed by atoms with E-state index in [-0.39, 0.29) is 0 Å². The fraction of sp³-hybridized carbons (Fsp3) is 0.583. The van der Waals surface area contributed by atoms with E-state index in [0.29, 0.717) is 21.7 Å². The number of rotatable bonds is 6. The molecular formula is C12H20Cl2N4. The lowest BCUT2D eigenvalue weighted by Gasteiger charge is -2.26. The lowest BCUT2D eigenvalue weighted by atomic mass is 10.3. The van der Waals surface area contributed by atoms with Gasteiger partial charge in [0.05, 0.1) is 10.0 Å². The second-order valence-electron chi connectivity index (χ2n) is 4.45. The Morgan fingerprint density at radius 2 is 1.83 bits per heavy atom. The van der Waals surface area contributed by atoms with Crippen LogP contribution in [0.3, 0.4) is 0 Å². The summed E-state index contributed by atoms with van der Waals surface area (Å²) in [5, 5.41) is 0.939. The predicted octanol–water partition coefficient (Wildman–Crippen LogP) is 2.75. The molecule has 0 fully saturated rings. The molecule has 0 saturated carbocycles. The van der Waals surface area contributed by atoms with Crippen molar-refractivity contribution < 1.29 is 0 Å². The van der Waals surface area contributed by atoms with Crippen LogP contribution in [-0.2, 0) is 0 Å². The molecule has 1 aromatic rings. The van der Waals surface area contributed by atoms with Crippen molar-refractivity contribution in [1.29, 1.82) is 0 Å². The van der Waals surface area contributed by atoms with E-state index >= 15 is 0 Å². The SMILES string of the molecule is CCCN(CCN(C)C)c1nc(N)c(Cl)cc1Cl. The maximum Gasteiger partial charge on any atom is 0.149 e. The van der Waals surface area contributed by atoms with Crippen molar-refractivity contribution in [3.63, 3.8) is 0 Å². The lowest BCUT2D eigenvalue weighted by Crippen LogP contribution is -2.33. The Bertz CT molecular complexity index is 396. The molecule has 0 saturated heterocycles. The van der Waals surface area contributed by atoms with Gasteiger partial charge in [0.2, 0.25) is 0 Å². The van der Waals surface area contributed by atoms with Gasteiger partial charge < -0.3 is 15.5 Å². The summed E-state index contributed by atoms with van der Waals surface area (Å²) in [5.41, 5.74) is 5.74. The molecule has 0 aliphatic rings. The number of likely N-dealkylation sites (N-methyl/N-ethyl adjacent to an activating group) is 1. The van der Waals surface area contributed by atoms with Crippen molar-refractivity contribution in [3.8, 4) is 0 Å². The zero-order valence-corrected chi connectivity index (χ0v) is 12.6. The highest BCUT2D eigenvalue weighted by atomic mass is 35.5. The van der Waals surface area contributed by atoms with Crippen LogP contribution in [0.1, 0.15) is 13.3 Å². The molecule has 0 radical (unpaired) electrons. The van der Waals surface area contributed by atoms with E-state index < -0.39 is 0 Å². The monoisotopic (exact) mass is 290 g/mol. The van der Waals surface area contributed by atoms with E-state index in [9.17, 15) is 0 Å². The Labute approximate surface area is 119 Å². The van der Waals surface area contributed by atoms with Gasteiger partial charge in [-0.2, -0.15) is 0 Å². The molecule has 0 aliphatic carbocycles. The van der Waals surface area contributed by atoms with Gasteiger partial charge in [-0.3, -0.25) is 0 Å². The molecule has 0 aliphatic heterocycles. The predicted molar refractivity (Wildman–Crippen MR) is 79.7 cm³/mol. The Balaban J connectivity index is 2.94. The molecule has 1 aromatic heterocycles. The van der Waals surface area contributed by atoms with Gasteiger partial charge in [0, 0.05) is 19.6 Å². The third-order valence-corrected chi connectivity index (χ3v) is 3.13. The van der Waals surface area contributed by atoms with Crippen LogP contribution in [0.2, 0.25) is 10.0 Å². The van der Waals surface area contributed by atoms with Crippen LogP contribution in [-0.4, -0.2) is 43.6 Å². The number of hydrogen-bond donors (Lipinski definition) is 1. The van der Waals surface area contributed by atoms with Gasteiger partial charge in [-0.05, 0) is 26.6 Å². The van der Waals surface area contributed by atoms with E-state index in [4.69, 9.17) is 28.9 Å². The molecule has 0 atom stereocenters. The van der Waals surface area contributed by atoms with Crippen LogP contribution in [0, 0.1) is 0 Å². The van der Waals surface area contributed by atoms with E-state index in [0.717, 1.165) is 26.1 Å². The summed E-state index contributed by atoms with van der Waals surface area (Å²) in [4.78, 5) is 8.55. The second-order valence-corrected chi connectivity index (χ2v) is 5.27. The molecule has 1 rings (SSSR count). The lowest BCUT2D eigenvalue weighted by molar-refractivity contribution is 0.412. The minimum absolute atomic E-state index is 0.321. The summed E-state index contributed by atoms with van der Waals surface area (Å²) in [7, 11) is 4.07. The first-order valence-corrected chi connectivity index (χ1v) is 6.72. The molecular weight excluding hydrogens is 271 g/mol. The number of nitrogen functional groups attached to an aromatic ring is 1. The summed E-state index contributed by atoms with van der Waals surface area (Å²) in [5.74, 6) is 1.03. The molecule has 2 N–H and O–H groups in total. The molecule has 0 aromatic carbocycles. The first kappa shape index (κ1) is 15.3. The molecule has 0 amide bonds. The Morgan fingerprint density at radius 3 is 2.39 bits per heavy atom. The van der Waals surface area contributed by atoms with E-state index in [1.807, 2.05) is 14.1 Å². The summed E-state index contributed by atoms with van der Waals surface area (Å²) in [6, 6.07) is 1.65. The van der Waals surface area contributed by atoms with Crippen molar-refractivity contribution in [2.75, 3.05) is 44.4 Å². The second kappa shape index (κ2) is 7.02. The molecule has 102 valence electrons. The fourth-order valence-corrected chi connectivity index (χ4v) is 2.08. The Morgan fingerprint density at radius 1 is 1.17 bits per heavy atom. The van der Waals surface area contributed by atoms with Gasteiger partial charge in [0.15, 0.2) is 0 Å². The summed E-state index contributed by atoms with van der Waals surface area (Å²) in [6.45, 7) is 4.80. The number of nitrogens with zero attached hydrogens (tertiary/aromatic N) is 3. The van der Waals surface area contributed by atoms with Crippen LogP contribution in [0.5, 0.6) is 0 Å². The third kappa shape index (κ3) is 4.19. The molecule has 1 heterocycles. The topological polar surface area (TPSA) is 45.4 Å². The van der Waals surface area contributed by atoms with Crippen LogP contribution < -0.4 is 10.6 Å². The van der Waals surface area contributed by atoms with Crippen LogP contribution in [0.25, 0.3) is 0 Å². The normalized spacial score (nSPS) is 11.0. The Kier molecular flexibility index (Phi) is 5.99. The van der Waals surface area contributed by atoms with Gasteiger partial charge in [0.25, 0.3) is 0 Å². The molecule has 6 heteroatoms. The van der Waals surface area contributed by atoms with Gasteiger partial charge in [-0.25, -0.2) is 4.98 Å². The first-order chi connectivity index (χ1) is 8.45. The number of pyridine rings is 1. The highest BCUT2D eigenvalue weighted by Gasteiger charge is 2.14. The van der Waals surface area contributed by atoms with Gasteiger partial charge in [0.1, 0.15) is 11.6 Å². The summed E-state index contributed by atoms with van der Waals surface area (Å²) in [6.07, 6.45) is 1.02. The van der Waals surface area contributed by atoms with Gasteiger partial charge >= 0.3 is 0 Å². The fourth-order valence-electron chi connectivity index (χ4n) is 1.61. The molecule has 18 heavy (non-hydrogen) atoms. The van der Waals surface area contributed by atoms with E-state index in [2.05, 4.69) is 21.7 Å². The number of nitrogens with two attached hydrogens (primary N) is 1. The average Bonchev–Trinajstić information content (AvgIpc) is 2.29. The van der Waals surface area contributed by atoms with Crippen LogP contribution in [0.15, 0.2) is 6.07 Å². The minimum atomic E-state index is 0.321. The van der Waals surface area contributed by atoms with Crippen molar-refractivity contribution >= 4 is 34.8 Å². The maximum absolute atomic E-state index is 6.19. The van der Waals surface area contributed by atoms with Crippen molar-refractivity contribution in [2.24, 2.45) is 0 Å². The number of halogens is 2. The standard InChI is InChI=1S/C12H20Cl2N4/c1-4-5-18(7-6-17(2)3)12-10(14)8-9(13)11(15)16-12/h8H,4-7H2,1-3H3,(H2,15,16). The van der Waals surface area contributed by atoms with Crippen molar-refractivity contribution in [2.45, 2.75) is 13.3 Å². The molecule has 0 unspecified atom stereocenters. The van der Waals surface area contributed by atoms with Crippen molar-refractivity contribution in [3.05, 3.63) is 16.1 Å². The average molecular weight is 291 g/mol. The number of hydrogen-bond acceptors (Lipinski definition) is 4. The Hall–Kier alpha value is -0.710. The van der Waals surface area contributed by atoms with Crippen LogP contribution >= 0.6 is 23.2 Å². The van der Waals surface area contributed by atoms with Crippen LogP contribution in [0.4, 0.5) is 11.6 Å². The third-order valence-electron chi connectivity index (χ3n) is 2.55. The van der Waals surface area contributed by atoms with E-state index in [1.165, 1.54) is 0 Å². The maximum atomic E-state index is 6.19. The quantitative estimate of drug-likeness (QED) is 0.875. The first-order valence-electron chi connectivity index (χ1n) is 5.97. The van der Waals surface area contributed by atoms with Gasteiger partial charge in [-0.15, -0.1) is 0 Å². The molecule has 0 spiro atoms. The zero-order chi connectivity index (χ0) is 13.7. The molecule has 4 nitrogen and oxygen atoms in total. The number of aromatic nitrogens is 1. The zero-order valence-electron chi connectivity index (χ0n) is 11.1. The number of anilines is 2. The highest BCUT2D eigenvalue weighted by Crippen LogP contribution is 2.30. The molecule has 0 bridgehead atoms. The van der Waals surface area contributed by atoms with E-state index in [1.54, 1.807) is 6.07 Å². The summed E-state index contributed by atoms with van der Waals surface area (Å²) < 4.78 is 0. The summed E-state index contributed by atoms with van der Waals surface area (Å²) >= 11 is 12.1. The smallest absolute Gasteiger partial charge is 0.149 e.